The topological polar surface area (TPSA) is 3.24 Å². The van der Waals surface area contributed by atoms with Crippen LogP contribution < -0.4 is 4.90 Å². The van der Waals surface area contributed by atoms with E-state index in [1.165, 1.54) is 91.4 Å². The van der Waals surface area contributed by atoms with E-state index in [0.717, 1.165) is 18.5 Å². The summed E-state index contributed by atoms with van der Waals surface area (Å²) in [5.41, 5.74) is 12.6. The molecule has 8 aromatic carbocycles. The number of hydrogen-bond donors (Lipinski definition) is 0. The summed E-state index contributed by atoms with van der Waals surface area (Å²) in [5.74, 6) is 0. The number of benzene rings is 8. The molecule has 2 aliphatic rings. The van der Waals surface area contributed by atoms with E-state index in [-0.39, 0.29) is 0 Å². The molecule has 0 N–H and O–H groups in total. The molecule has 0 spiro atoms. The van der Waals surface area contributed by atoms with Gasteiger partial charge in [-0.25, -0.2) is 0 Å². The number of anilines is 3. The Bertz CT molecular complexity index is 2470. The van der Waals surface area contributed by atoms with Crippen molar-refractivity contribution in [3.63, 3.8) is 0 Å². The first-order valence-electron chi connectivity index (χ1n) is 17.4. The van der Waals surface area contributed by atoms with Crippen LogP contribution in [0.4, 0.5) is 17.1 Å². The number of aryl methyl sites for hydroxylation is 1. The van der Waals surface area contributed by atoms with E-state index in [0.29, 0.717) is 0 Å². The molecule has 0 radical (unpaired) electrons. The Kier molecular flexibility index (Phi) is 7.11. The number of nitrogens with zero attached hydrogens (tertiary/aromatic N) is 1. The van der Waals surface area contributed by atoms with Gasteiger partial charge >= 0.3 is 0 Å². The molecule has 0 bridgehead atoms. The van der Waals surface area contributed by atoms with Gasteiger partial charge in [0.2, 0.25) is 0 Å². The first-order chi connectivity index (χ1) is 24.7. The van der Waals surface area contributed by atoms with Crippen LogP contribution in [0.5, 0.6) is 0 Å². The van der Waals surface area contributed by atoms with Crippen LogP contribution in [-0.2, 0) is 6.42 Å². The summed E-state index contributed by atoms with van der Waals surface area (Å²) < 4.78 is 0. The fourth-order valence-electron chi connectivity index (χ4n) is 7.88. The monoisotopic (exact) mass is 675 g/mol. The van der Waals surface area contributed by atoms with Crippen molar-refractivity contribution in [2.24, 2.45) is 0 Å². The maximum absolute atomic E-state index is 2.50. The van der Waals surface area contributed by atoms with Crippen LogP contribution in [-0.4, -0.2) is 0 Å². The molecule has 0 amide bonds. The zero-order valence-electron chi connectivity index (χ0n) is 27.7. The SMILES string of the molecule is CCCc1ccc(-c2ccc(N(c3ccc4c5c(cccc35)-c3ccccc3S4)c3ccc4c5c(cccc35)-c3ccccc3S4)cc2)cc1. The van der Waals surface area contributed by atoms with Crippen LogP contribution >= 0.6 is 23.5 Å². The van der Waals surface area contributed by atoms with Crippen LogP contribution in [0.1, 0.15) is 18.9 Å². The van der Waals surface area contributed by atoms with Crippen LogP contribution in [0.2, 0.25) is 0 Å². The summed E-state index contributed by atoms with van der Waals surface area (Å²) in [6, 6.07) is 58.8. The van der Waals surface area contributed by atoms with Gasteiger partial charge in [0.25, 0.3) is 0 Å². The van der Waals surface area contributed by atoms with Gasteiger partial charge in [0, 0.05) is 46.8 Å². The maximum atomic E-state index is 2.50. The Hall–Kier alpha value is -5.22. The minimum absolute atomic E-state index is 1.12. The summed E-state index contributed by atoms with van der Waals surface area (Å²) in [5, 5.41) is 5.18. The van der Waals surface area contributed by atoms with Crippen LogP contribution in [0.3, 0.4) is 0 Å². The van der Waals surface area contributed by atoms with Crippen molar-refractivity contribution in [1.82, 2.24) is 0 Å². The number of fused-ring (bicyclic) bond motifs is 4. The summed E-state index contributed by atoms with van der Waals surface area (Å²) in [6.45, 7) is 2.24. The maximum Gasteiger partial charge on any atom is 0.0541 e. The lowest BCUT2D eigenvalue weighted by atomic mass is 9.94. The molecule has 0 aliphatic carbocycles. The van der Waals surface area contributed by atoms with Crippen molar-refractivity contribution in [2.45, 2.75) is 39.3 Å². The smallest absolute Gasteiger partial charge is 0.0541 e. The normalized spacial score (nSPS) is 12.5. The summed E-state index contributed by atoms with van der Waals surface area (Å²) in [4.78, 5) is 7.75. The van der Waals surface area contributed by atoms with E-state index in [1.807, 2.05) is 23.5 Å². The van der Waals surface area contributed by atoms with E-state index in [4.69, 9.17) is 0 Å². The fourth-order valence-corrected chi connectivity index (χ4v) is 10.1. The third-order valence-corrected chi connectivity index (χ3v) is 12.5. The largest absolute Gasteiger partial charge is 0.309 e. The molecule has 50 heavy (non-hydrogen) atoms. The highest BCUT2D eigenvalue weighted by Crippen LogP contribution is 2.54. The molecule has 0 unspecified atom stereocenters. The molecular formula is C47H33NS2. The molecule has 3 heteroatoms. The van der Waals surface area contributed by atoms with Crippen molar-refractivity contribution in [3.05, 3.63) is 163 Å². The summed E-state index contributed by atoms with van der Waals surface area (Å²) in [6.07, 6.45) is 2.28. The minimum Gasteiger partial charge on any atom is -0.309 e. The van der Waals surface area contributed by atoms with Crippen molar-refractivity contribution >= 4 is 62.1 Å². The average Bonchev–Trinajstić information content (AvgIpc) is 3.17. The van der Waals surface area contributed by atoms with Gasteiger partial charge in [0.1, 0.15) is 0 Å². The highest BCUT2D eigenvalue weighted by atomic mass is 32.2. The van der Waals surface area contributed by atoms with Crippen LogP contribution in [0.15, 0.2) is 177 Å². The van der Waals surface area contributed by atoms with Crippen molar-refractivity contribution < 1.29 is 0 Å². The van der Waals surface area contributed by atoms with Gasteiger partial charge in [-0.05, 0) is 93.9 Å². The molecular weight excluding hydrogens is 643 g/mol. The Morgan fingerprint density at radius 3 is 1.42 bits per heavy atom. The van der Waals surface area contributed by atoms with Crippen LogP contribution in [0.25, 0.3) is 54.9 Å². The predicted molar refractivity (Wildman–Crippen MR) is 215 cm³/mol. The Morgan fingerprint density at radius 2 is 0.900 bits per heavy atom. The second-order valence-electron chi connectivity index (χ2n) is 13.1. The van der Waals surface area contributed by atoms with Gasteiger partial charge in [0.05, 0.1) is 11.4 Å². The zero-order valence-corrected chi connectivity index (χ0v) is 29.3. The molecule has 2 aliphatic heterocycles. The third-order valence-electron chi connectivity index (χ3n) is 10.2. The lowest BCUT2D eigenvalue weighted by Crippen LogP contribution is -2.12. The lowest BCUT2D eigenvalue weighted by molar-refractivity contribution is 0.922. The molecule has 238 valence electrons. The van der Waals surface area contributed by atoms with Crippen molar-refractivity contribution in [1.29, 1.82) is 0 Å². The molecule has 10 rings (SSSR count). The zero-order chi connectivity index (χ0) is 33.2. The van der Waals surface area contributed by atoms with E-state index < -0.39 is 0 Å². The molecule has 0 saturated heterocycles. The van der Waals surface area contributed by atoms with Gasteiger partial charge in [-0.2, -0.15) is 0 Å². The molecule has 1 nitrogen and oxygen atoms in total. The minimum atomic E-state index is 1.12. The van der Waals surface area contributed by atoms with Crippen LogP contribution in [0, 0.1) is 0 Å². The van der Waals surface area contributed by atoms with Gasteiger partial charge in [-0.3, -0.25) is 0 Å². The van der Waals surface area contributed by atoms with Crippen molar-refractivity contribution in [3.8, 4) is 33.4 Å². The van der Waals surface area contributed by atoms with Gasteiger partial charge in [-0.15, -0.1) is 0 Å². The Labute approximate surface area is 301 Å². The fraction of sp³-hybridized carbons (Fsp3) is 0.0638. The number of hydrogen-bond acceptors (Lipinski definition) is 3. The molecule has 0 saturated carbocycles. The highest BCUT2D eigenvalue weighted by molar-refractivity contribution is 8.00. The highest BCUT2D eigenvalue weighted by Gasteiger charge is 2.26. The first kappa shape index (κ1) is 29.7. The second-order valence-corrected chi connectivity index (χ2v) is 15.3. The standard InChI is InChI=1S/C47H33NS2/c1-2-9-30-18-20-31(21-19-30)32-22-24-33(25-23-32)48(40-26-28-44-46-36(12-7-14-38(40)46)34-10-3-5-16-42(34)49-44)41-27-29-45-47-37(13-8-15-39(41)47)35-11-4-6-17-43(35)50-45/h3-8,10-29H,2,9H2,1H3. The molecule has 8 aromatic rings. The molecule has 0 fully saturated rings. The number of rotatable bonds is 6. The van der Waals surface area contributed by atoms with E-state index in [1.54, 1.807) is 0 Å². The second kappa shape index (κ2) is 12.0. The Morgan fingerprint density at radius 1 is 0.420 bits per heavy atom. The molecule has 0 atom stereocenters. The van der Waals surface area contributed by atoms with Gasteiger partial charge in [0.15, 0.2) is 0 Å². The van der Waals surface area contributed by atoms with Gasteiger partial charge < -0.3 is 4.90 Å². The van der Waals surface area contributed by atoms with Gasteiger partial charge in [-0.1, -0.05) is 146 Å². The average molecular weight is 676 g/mol. The first-order valence-corrected chi connectivity index (χ1v) is 19.0. The molecule has 2 heterocycles. The third kappa shape index (κ3) is 4.72. The van der Waals surface area contributed by atoms with E-state index >= 15 is 0 Å². The summed E-state index contributed by atoms with van der Waals surface area (Å²) in [7, 11) is 0. The quantitative estimate of drug-likeness (QED) is 0.173. The van der Waals surface area contributed by atoms with E-state index in [2.05, 4.69) is 170 Å². The van der Waals surface area contributed by atoms with Crippen molar-refractivity contribution in [2.75, 3.05) is 4.90 Å². The lowest BCUT2D eigenvalue weighted by Gasteiger charge is -2.31. The Balaban J connectivity index is 1.20. The molecule has 0 aromatic heterocycles. The predicted octanol–water partition coefficient (Wildman–Crippen LogP) is 14.3. The van der Waals surface area contributed by atoms with E-state index in [9.17, 15) is 0 Å². The summed E-state index contributed by atoms with van der Waals surface area (Å²) >= 11 is 3.76.